The van der Waals surface area contributed by atoms with Crippen molar-refractivity contribution in [1.29, 1.82) is 0 Å². The molecular weight excluding hydrogens is 272 g/mol. The summed E-state index contributed by atoms with van der Waals surface area (Å²) in [6, 6.07) is 14.8. The minimum Gasteiger partial charge on any atom is -0.508 e. The quantitative estimate of drug-likeness (QED) is 0.757. The number of anilines is 1. The number of phenols is 1. The van der Waals surface area contributed by atoms with E-state index in [1.165, 1.54) is 0 Å². The third-order valence-electron chi connectivity index (χ3n) is 3.13. The van der Waals surface area contributed by atoms with Crippen molar-refractivity contribution in [2.24, 2.45) is 0 Å². The van der Waals surface area contributed by atoms with Crippen molar-refractivity contribution in [3.63, 3.8) is 0 Å². The molecule has 0 bridgehead atoms. The molecule has 0 saturated heterocycles. The molecule has 3 aromatic rings. The molecule has 0 aliphatic rings. The van der Waals surface area contributed by atoms with Crippen molar-refractivity contribution < 1.29 is 5.11 Å². The number of fused-ring (bicyclic) bond motifs is 1. The Hall–Kier alpha value is -2.26. The molecule has 0 spiro atoms. The number of aromatic hydroxyl groups is 1. The molecule has 0 atom stereocenters. The monoisotopic (exact) mass is 284 g/mol. The first-order chi connectivity index (χ1) is 9.74. The maximum atomic E-state index is 9.77. The Morgan fingerprint density at radius 3 is 2.80 bits per heavy atom. The number of halogens is 1. The minimum atomic E-state index is 0.277. The van der Waals surface area contributed by atoms with Gasteiger partial charge in [0.05, 0.1) is 11.2 Å². The van der Waals surface area contributed by atoms with Gasteiger partial charge in [0.25, 0.3) is 0 Å². The lowest BCUT2D eigenvalue weighted by molar-refractivity contribution is 0.469. The summed E-state index contributed by atoms with van der Waals surface area (Å²) in [5.41, 5.74) is 2.56. The zero-order valence-electron chi connectivity index (χ0n) is 10.7. The highest BCUT2D eigenvalue weighted by molar-refractivity contribution is 6.31. The van der Waals surface area contributed by atoms with Crippen LogP contribution < -0.4 is 5.32 Å². The lowest BCUT2D eigenvalue weighted by Gasteiger charge is -2.11. The van der Waals surface area contributed by atoms with Gasteiger partial charge in [0.2, 0.25) is 0 Å². The molecule has 0 fully saturated rings. The number of phenolic OH excluding ortho intramolecular Hbond substituents is 1. The minimum absolute atomic E-state index is 0.277. The summed E-state index contributed by atoms with van der Waals surface area (Å²) in [6.45, 7) is 0.513. The molecule has 3 nitrogen and oxygen atoms in total. The molecule has 0 aliphatic heterocycles. The predicted molar refractivity (Wildman–Crippen MR) is 82.2 cm³/mol. The third kappa shape index (κ3) is 2.53. The molecule has 4 heteroatoms. The predicted octanol–water partition coefficient (Wildman–Crippen LogP) is 4.21. The van der Waals surface area contributed by atoms with E-state index in [2.05, 4.69) is 10.3 Å². The molecule has 0 aliphatic carbocycles. The molecule has 0 radical (unpaired) electrons. The van der Waals surface area contributed by atoms with Crippen LogP contribution in [-0.4, -0.2) is 10.1 Å². The Kier molecular flexibility index (Phi) is 3.44. The molecule has 0 amide bonds. The summed E-state index contributed by atoms with van der Waals surface area (Å²) in [6.07, 6.45) is 1.75. The number of nitrogens with zero attached hydrogens (tertiary/aromatic N) is 1. The summed E-state index contributed by atoms with van der Waals surface area (Å²) in [5.74, 6) is 0.277. The SMILES string of the molecule is Oc1ccccc1CNc1cc(Cl)cc2cccnc12. The molecule has 0 unspecified atom stereocenters. The normalized spacial score (nSPS) is 10.7. The maximum absolute atomic E-state index is 9.77. The maximum Gasteiger partial charge on any atom is 0.120 e. The van der Waals surface area contributed by atoms with Crippen LogP contribution in [0.25, 0.3) is 10.9 Å². The molecule has 1 heterocycles. The van der Waals surface area contributed by atoms with Crippen molar-refractivity contribution in [3.8, 4) is 5.75 Å². The van der Waals surface area contributed by atoms with Crippen molar-refractivity contribution in [1.82, 2.24) is 4.98 Å². The van der Waals surface area contributed by atoms with Crippen LogP contribution in [0.2, 0.25) is 5.02 Å². The van der Waals surface area contributed by atoms with Gasteiger partial charge in [0.1, 0.15) is 5.75 Å². The van der Waals surface area contributed by atoms with Crippen LogP contribution >= 0.6 is 11.6 Å². The highest BCUT2D eigenvalue weighted by atomic mass is 35.5. The summed E-state index contributed by atoms with van der Waals surface area (Å²) >= 11 is 6.12. The second-order valence-electron chi connectivity index (χ2n) is 4.51. The fraction of sp³-hybridized carbons (Fsp3) is 0.0625. The van der Waals surface area contributed by atoms with E-state index in [0.717, 1.165) is 22.2 Å². The van der Waals surface area contributed by atoms with E-state index in [9.17, 15) is 5.11 Å². The van der Waals surface area contributed by atoms with Crippen molar-refractivity contribution in [2.45, 2.75) is 6.54 Å². The van der Waals surface area contributed by atoms with Gasteiger partial charge in [-0.05, 0) is 24.3 Å². The average Bonchev–Trinajstić information content (AvgIpc) is 2.46. The molecule has 2 aromatic carbocycles. The van der Waals surface area contributed by atoms with E-state index in [1.807, 2.05) is 36.4 Å². The highest BCUT2D eigenvalue weighted by Gasteiger charge is 2.05. The van der Waals surface area contributed by atoms with Gasteiger partial charge < -0.3 is 10.4 Å². The zero-order chi connectivity index (χ0) is 13.9. The van der Waals surface area contributed by atoms with Crippen molar-refractivity contribution >= 4 is 28.2 Å². The number of benzene rings is 2. The van der Waals surface area contributed by atoms with Crippen LogP contribution in [0.5, 0.6) is 5.75 Å². The van der Waals surface area contributed by atoms with E-state index in [-0.39, 0.29) is 5.75 Å². The van der Waals surface area contributed by atoms with Crippen LogP contribution in [-0.2, 0) is 6.54 Å². The number of hydrogen-bond donors (Lipinski definition) is 2. The highest BCUT2D eigenvalue weighted by Crippen LogP contribution is 2.27. The van der Waals surface area contributed by atoms with Gasteiger partial charge in [-0.1, -0.05) is 35.9 Å². The van der Waals surface area contributed by atoms with E-state index >= 15 is 0 Å². The van der Waals surface area contributed by atoms with E-state index in [4.69, 9.17) is 11.6 Å². The first kappa shape index (κ1) is 12.8. The Bertz CT molecular complexity index is 758. The topological polar surface area (TPSA) is 45.1 Å². The Labute approximate surface area is 121 Å². The molecule has 20 heavy (non-hydrogen) atoms. The first-order valence-corrected chi connectivity index (χ1v) is 6.67. The van der Waals surface area contributed by atoms with Gasteiger partial charge in [0, 0.05) is 28.7 Å². The molecule has 100 valence electrons. The van der Waals surface area contributed by atoms with E-state index in [0.29, 0.717) is 11.6 Å². The Morgan fingerprint density at radius 1 is 1.10 bits per heavy atom. The summed E-state index contributed by atoms with van der Waals surface area (Å²) in [5, 5.41) is 14.7. The van der Waals surface area contributed by atoms with Crippen LogP contribution in [0.4, 0.5) is 5.69 Å². The fourth-order valence-electron chi connectivity index (χ4n) is 2.14. The number of hydrogen-bond acceptors (Lipinski definition) is 3. The van der Waals surface area contributed by atoms with Gasteiger partial charge in [-0.15, -0.1) is 0 Å². The second kappa shape index (κ2) is 5.39. The van der Waals surface area contributed by atoms with Crippen LogP contribution in [0.15, 0.2) is 54.7 Å². The second-order valence-corrected chi connectivity index (χ2v) is 4.95. The Morgan fingerprint density at radius 2 is 1.95 bits per heavy atom. The van der Waals surface area contributed by atoms with Crippen LogP contribution in [0.1, 0.15) is 5.56 Å². The summed E-state index contributed by atoms with van der Waals surface area (Å²) in [7, 11) is 0. The van der Waals surface area contributed by atoms with Crippen molar-refractivity contribution in [3.05, 3.63) is 65.3 Å². The number of rotatable bonds is 3. The number of para-hydroxylation sites is 1. The van der Waals surface area contributed by atoms with Gasteiger partial charge >= 0.3 is 0 Å². The molecular formula is C16H13ClN2O. The lowest BCUT2D eigenvalue weighted by Crippen LogP contribution is -2.01. The largest absolute Gasteiger partial charge is 0.508 e. The molecule has 2 N–H and O–H groups in total. The zero-order valence-corrected chi connectivity index (χ0v) is 11.4. The van der Waals surface area contributed by atoms with Gasteiger partial charge in [-0.25, -0.2) is 0 Å². The fourth-order valence-corrected chi connectivity index (χ4v) is 2.37. The van der Waals surface area contributed by atoms with E-state index < -0.39 is 0 Å². The summed E-state index contributed by atoms with van der Waals surface area (Å²) in [4.78, 5) is 4.37. The lowest BCUT2D eigenvalue weighted by atomic mass is 10.1. The van der Waals surface area contributed by atoms with Gasteiger partial charge in [0.15, 0.2) is 0 Å². The average molecular weight is 285 g/mol. The number of aromatic nitrogens is 1. The molecule has 0 saturated carbocycles. The van der Waals surface area contributed by atoms with Crippen LogP contribution in [0, 0.1) is 0 Å². The molecule has 3 rings (SSSR count). The standard InChI is InChI=1S/C16H13ClN2O/c17-13-8-11-5-3-7-18-16(11)14(9-13)19-10-12-4-1-2-6-15(12)20/h1-9,19-20H,10H2. The summed E-state index contributed by atoms with van der Waals surface area (Å²) < 4.78 is 0. The van der Waals surface area contributed by atoms with Crippen LogP contribution in [0.3, 0.4) is 0 Å². The van der Waals surface area contributed by atoms with E-state index in [1.54, 1.807) is 18.3 Å². The van der Waals surface area contributed by atoms with Crippen molar-refractivity contribution in [2.75, 3.05) is 5.32 Å². The first-order valence-electron chi connectivity index (χ1n) is 6.29. The number of nitrogens with one attached hydrogen (secondary N) is 1. The van der Waals surface area contributed by atoms with Gasteiger partial charge in [-0.3, -0.25) is 4.98 Å². The Balaban J connectivity index is 1.93. The van der Waals surface area contributed by atoms with Gasteiger partial charge in [-0.2, -0.15) is 0 Å². The molecule has 1 aromatic heterocycles. The third-order valence-corrected chi connectivity index (χ3v) is 3.35. The number of pyridine rings is 1. The smallest absolute Gasteiger partial charge is 0.120 e.